The lowest BCUT2D eigenvalue weighted by molar-refractivity contribution is -0.134. The maximum absolute atomic E-state index is 12.7. The molecule has 0 bridgehead atoms. The smallest absolute Gasteiger partial charge is 0.236 e. The number of amides is 1. The van der Waals surface area contributed by atoms with E-state index >= 15 is 0 Å². The Morgan fingerprint density at radius 2 is 2.04 bits per heavy atom. The quantitative estimate of drug-likeness (QED) is 0.863. The molecule has 1 saturated heterocycles. The van der Waals surface area contributed by atoms with Gasteiger partial charge in [-0.05, 0) is 50.1 Å². The number of rotatable bonds is 5. The summed E-state index contributed by atoms with van der Waals surface area (Å²) in [5.74, 6) is 1.12. The minimum atomic E-state index is -0.0105. The zero-order chi connectivity index (χ0) is 18.7. The summed E-state index contributed by atoms with van der Waals surface area (Å²) in [6, 6.07) is 8.47. The van der Waals surface area contributed by atoms with Crippen LogP contribution in [0.4, 0.5) is 5.69 Å². The average Bonchev–Trinajstić information content (AvgIpc) is 3.17. The Bertz CT molecular complexity index is 741. The number of carbonyl (C=O) groups excluding carboxylic acids is 1. The fourth-order valence-corrected chi connectivity index (χ4v) is 3.74. The van der Waals surface area contributed by atoms with Crippen LogP contribution >= 0.6 is 11.8 Å². The molecule has 5 nitrogen and oxygen atoms in total. The number of benzene rings is 1. The molecular formula is C20H28N4OS. The van der Waals surface area contributed by atoms with E-state index in [1.54, 1.807) is 11.8 Å². The van der Waals surface area contributed by atoms with Crippen molar-refractivity contribution in [2.24, 2.45) is 0 Å². The highest BCUT2D eigenvalue weighted by Gasteiger charge is 2.32. The molecular weight excluding hydrogens is 344 g/mol. The fraction of sp³-hybridized carbons (Fsp3) is 0.500. The van der Waals surface area contributed by atoms with Crippen LogP contribution in [0.1, 0.15) is 38.1 Å². The van der Waals surface area contributed by atoms with Crippen LogP contribution in [0.2, 0.25) is 0 Å². The molecule has 2 atom stereocenters. The van der Waals surface area contributed by atoms with Crippen molar-refractivity contribution in [1.82, 2.24) is 14.9 Å². The second-order valence-electron chi connectivity index (χ2n) is 7.04. The van der Waals surface area contributed by atoms with Crippen molar-refractivity contribution in [1.29, 1.82) is 0 Å². The van der Waals surface area contributed by atoms with Gasteiger partial charge in [-0.3, -0.25) is 4.79 Å². The number of carbonyl (C=O) groups is 1. The van der Waals surface area contributed by atoms with E-state index in [0.717, 1.165) is 42.9 Å². The van der Waals surface area contributed by atoms with Crippen molar-refractivity contribution in [3.05, 3.63) is 36.3 Å². The summed E-state index contributed by atoms with van der Waals surface area (Å²) in [4.78, 5) is 24.9. The average molecular weight is 373 g/mol. The van der Waals surface area contributed by atoms with E-state index in [2.05, 4.69) is 39.1 Å². The molecule has 1 aliphatic heterocycles. The summed E-state index contributed by atoms with van der Waals surface area (Å²) in [6.07, 6.45) is 7.05. The Hall–Kier alpha value is -1.95. The number of aromatic nitrogens is 2. The third kappa shape index (κ3) is 3.90. The normalized spacial score (nSPS) is 18.6. The van der Waals surface area contributed by atoms with Gasteiger partial charge in [-0.2, -0.15) is 11.8 Å². The third-order valence-electron chi connectivity index (χ3n) is 5.09. The van der Waals surface area contributed by atoms with Gasteiger partial charge in [-0.15, -0.1) is 0 Å². The molecule has 1 fully saturated rings. The molecule has 1 amide bonds. The van der Waals surface area contributed by atoms with E-state index in [4.69, 9.17) is 0 Å². The lowest BCUT2D eigenvalue weighted by atomic mass is 10.0. The Morgan fingerprint density at radius 1 is 1.31 bits per heavy atom. The van der Waals surface area contributed by atoms with Gasteiger partial charge >= 0.3 is 0 Å². The molecule has 1 aliphatic rings. The number of aromatic amines is 1. The maximum Gasteiger partial charge on any atom is 0.236 e. The van der Waals surface area contributed by atoms with Crippen molar-refractivity contribution in [3.63, 3.8) is 0 Å². The number of anilines is 1. The van der Waals surface area contributed by atoms with Gasteiger partial charge in [0.2, 0.25) is 5.91 Å². The van der Waals surface area contributed by atoms with Crippen molar-refractivity contribution in [2.75, 3.05) is 31.8 Å². The van der Waals surface area contributed by atoms with Gasteiger partial charge in [-0.1, -0.05) is 12.1 Å². The number of hydrogen-bond donors (Lipinski definition) is 1. The van der Waals surface area contributed by atoms with Crippen LogP contribution in [-0.2, 0) is 4.79 Å². The third-order valence-corrected chi connectivity index (χ3v) is 6.00. The summed E-state index contributed by atoms with van der Waals surface area (Å²) in [5, 5.41) is -0.0105. The highest BCUT2D eigenvalue weighted by molar-refractivity contribution is 7.99. The van der Waals surface area contributed by atoms with E-state index in [9.17, 15) is 4.79 Å². The molecule has 140 valence electrons. The number of H-pyrrole nitrogens is 1. The van der Waals surface area contributed by atoms with Gasteiger partial charge in [0.05, 0.1) is 23.2 Å². The van der Waals surface area contributed by atoms with Crippen LogP contribution in [0, 0.1) is 0 Å². The molecule has 3 rings (SSSR count). The number of thioether (sulfide) groups is 1. The first kappa shape index (κ1) is 18.8. The number of imidazole rings is 1. The summed E-state index contributed by atoms with van der Waals surface area (Å²) in [7, 11) is 4.07. The first-order valence-corrected chi connectivity index (χ1v) is 10.5. The van der Waals surface area contributed by atoms with Crippen LogP contribution in [0.5, 0.6) is 0 Å². The van der Waals surface area contributed by atoms with E-state index in [1.165, 1.54) is 5.69 Å². The molecule has 26 heavy (non-hydrogen) atoms. The molecule has 0 saturated carbocycles. The second kappa shape index (κ2) is 8.16. The highest BCUT2D eigenvalue weighted by Crippen LogP contribution is 2.32. The first-order chi connectivity index (χ1) is 12.5. The summed E-state index contributed by atoms with van der Waals surface area (Å²) in [5.41, 5.74) is 3.28. The predicted octanol–water partition coefficient (Wildman–Crippen LogP) is 3.95. The Kier molecular flexibility index (Phi) is 5.91. The van der Waals surface area contributed by atoms with Crippen LogP contribution in [0.15, 0.2) is 30.5 Å². The molecule has 0 radical (unpaired) electrons. The molecule has 1 aromatic carbocycles. The van der Waals surface area contributed by atoms with E-state index < -0.39 is 0 Å². The topological polar surface area (TPSA) is 52.2 Å². The van der Waals surface area contributed by atoms with E-state index in [1.807, 2.05) is 38.4 Å². The summed E-state index contributed by atoms with van der Waals surface area (Å²) >= 11 is 1.60. The molecule has 1 N–H and O–H groups in total. The predicted molar refractivity (Wildman–Crippen MR) is 110 cm³/mol. The van der Waals surface area contributed by atoms with Gasteiger partial charge in [0.25, 0.3) is 0 Å². The van der Waals surface area contributed by atoms with Gasteiger partial charge < -0.3 is 14.8 Å². The fourth-order valence-electron chi connectivity index (χ4n) is 3.41. The second-order valence-corrected chi connectivity index (χ2v) is 8.22. The van der Waals surface area contributed by atoms with E-state index in [-0.39, 0.29) is 17.2 Å². The van der Waals surface area contributed by atoms with Crippen LogP contribution in [-0.4, -0.2) is 52.9 Å². The summed E-state index contributed by atoms with van der Waals surface area (Å²) in [6.45, 7) is 2.81. The largest absolute Gasteiger partial charge is 0.378 e. The molecule has 2 aromatic rings. The standard InChI is InChI=1S/C20H28N4OS/c1-14(26-4)20(25)24-12-6-5-7-18(24)19-21-13-17(22-19)15-8-10-16(11-9-15)23(2)3/h8-11,13-14,18H,5-7,12H2,1-4H3,(H,21,22). The van der Waals surface area contributed by atoms with Gasteiger partial charge in [0.15, 0.2) is 0 Å². The van der Waals surface area contributed by atoms with Gasteiger partial charge in [-0.25, -0.2) is 4.98 Å². The minimum Gasteiger partial charge on any atom is -0.378 e. The van der Waals surface area contributed by atoms with Gasteiger partial charge in [0, 0.05) is 26.3 Å². The molecule has 6 heteroatoms. The van der Waals surface area contributed by atoms with Crippen LogP contribution < -0.4 is 4.90 Å². The number of likely N-dealkylation sites (tertiary alicyclic amines) is 1. The van der Waals surface area contributed by atoms with Crippen molar-refractivity contribution in [3.8, 4) is 11.3 Å². The maximum atomic E-state index is 12.7. The van der Waals surface area contributed by atoms with Crippen molar-refractivity contribution >= 4 is 23.4 Å². The molecule has 2 heterocycles. The molecule has 0 aliphatic carbocycles. The molecule has 2 unspecified atom stereocenters. The molecule has 1 aromatic heterocycles. The number of piperidine rings is 1. The zero-order valence-electron chi connectivity index (χ0n) is 16.0. The van der Waals surface area contributed by atoms with Crippen molar-refractivity contribution < 1.29 is 4.79 Å². The summed E-state index contributed by atoms with van der Waals surface area (Å²) < 4.78 is 0. The Labute approximate surface area is 160 Å². The molecule has 0 spiro atoms. The van der Waals surface area contributed by atoms with Crippen LogP contribution in [0.3, 0.4) is 0 Å². The SMILES string of the molecule is CSC(C)C(=O)N1CCCCC1c1ncc(-c2ccc(N(C)C)cc2)[nH]1. The zero-order valence-corrected chi connectivity index (χ0v) is 16.8. The lowest BCUT2D eigenvalue weighted by Crippen LogP contribution is -2.42. The number of nitrogens with zero attached hydrogens (tertiary/aromatic N) is 3. The van der Waals surface area contributed by atoms with Crippen LogP contribution in [0.25, 0.3) is 11.3 Å². The van der Waals surface area contributed by atoms with Gasteiger partial charge in [0.1, 0.15) is 5.82 Å². The first-order valence-electron chi connectivity index (χ1n) is 9.17. The number of hydrogen-bond acceptors (Lipinski definition) is 4. The number of nitrogens with one attached hydrogen (secondary N) is 1. The Balaban J connectivity index is 1.82. The van der Waals surface area contributed by atoms with Crippen molar-refractivity contribution in [2.45, 2.75) is 37.5 Å². The Morgan fingerprint density at radius 3 is 2.69 bits per heavy atom. The highest BCUT2D eigenvalue weighted by atomic mass is 32.2. The minimum absolute atomic E-state index is 0.0105. The lowest BCUT2D eigenvalue weighted by Gasteiger charge is -2.36. The van der Waals surface area contributed by atoms with E-state index in [0.29, 0.717) is 0 Å². The monoisotopic (exact) mass is 372 g/mol.